The Balaban J connectivity index is 2.17. The lowest BCUT2D eigenvalue weighted by Gasteiger charge is -2.08. The van der Waals surface area contributed by atoms with Crippen LogP contribution in [0, 0.1) is 0 Å². The van der Waals surface area contributed by atoms with Crippen LogP contribution in [0.15, 0.2) is 54.7 Å². The molecule has 0 amide bonds. The average Bonchev–Trinajstić information content (AvgIpc) is 2.53. The molecule has 0 N–H and O–H groups in total. The average molecular weight is 263 g/mol. The SMILES string of the molecule is COc1ccc(-c2ccc3ncccc3c2)c(C=O)c1. The number of fused-ring (bicyclic) bond motifs is 1. The minimum Gasteiger partial charge on any atom is -0.497 e. The molecule has 3 nitrogen and oxygen atoms in total. The van der Waals surface area contributed by atoms with Crippen LogP contribution in [0.1, 0.15) is 10.4 Å². The first-order chi connectivity index (χ1) is 9.81. The number of hydrogen-bond donors (Lipinski definition) is 0. The molecule has 0 bridgehead atoms. The summed E-state index contributed by atoms with van der Waals surface area (Å²) in [6, 6.07) is 15.4. The van der Waals surface area contributed by atoms with E-state index in [0.717, 1.165) is 28.3 Å². The molecule has 0 aliphatic heterocycles. The highest BCUT2D eigenvalue weighted by molar-refractivity contribution is 5.91. The summed E-state index contributed by atoms with van der Waals surface area (Å²) in [6.45, 7) is 0. The topological polar surface area (TPSA) is 39.2 Å². The fraction of sp³-hybridized carbons (Fsp3) is 0.0588. The van der Waals surface area contributed by atoms with Crippen LogP contribution in [0.2, 0.25) is 0 Å². The van der Waals surface area contributed by atoms with Gasteiger partial charge in [0, 0.05) is 17.1 Å². The lowest BCUT2D eigenvalue weighted by atomic mass is 9.98. The van der Waals surface area contributed by atoms with Gasteiger partial charge in [0.05, 0.1) is 12.6 Å². The van der Waals surface area contributed by atoms with Gasteiger partial charge in [-0.25, -0.2) is 0 Å². The van der Waals surface area contributed by atoms with Gasteiger partial charge in [-0.2, -0.15) is 0 Å². The standard InChI is InChI=1S/C17H13NO2/c1-20-15-5-6-16(14(10-15)11-19)12-4-7-17-13(9-12)3-2-8-18-17/h2-11H,1H3. The predicted molar refractivity (Wildman–Crippen MR) is 79.1 cm³/mol. The summed E-state index contributed by atoms with van der Waals surface area (Å²) in [7, 11) is 1.59. The summed E-state index contributed by atoms with van der Waals surface area (Å²) in [5.41, 5.74) is 3.45. The Hall–Kier alpha value is -2.68. The Morgan fingerprint density at radius 2 is 2.00 bits per heavy atom. The van der Waals surface area contributed by atoms with E-state index in [1.54, 1.807) is 19.4 Å². The van der Waals surface area contributed by atoms with Crippen LogP contribution < -0.4 is 4.74 Å². The summed E-state index contributed by atoms with van der Waals surface area (Å²) in [4.78, 5) is 15.6. The molecule has 3 aromatic rings. The fourth-order valence-corrected chi connectivity index (χ4v) is 2.27. The number of benzene rings is 2. The van der Waals surface area contributed by atoms with Gasteiger partial charge in [0.15, 0.2) is 6.29 Å². The van der Waals surface area contributed by atoms with Gasteiger partial charge in [-0.1, -0.05) is 12.1 Å². The molecule has 1 aromatic heterocycles. The van der Waals surface area contributed by atoms with E-state index in [9.17, 15) is 4.79 Å². The third kappa shape index (κ3) is 2.14. The second-order valence-electron chi connectivity index (χ2n) is 4.48. The maximum absolute atomic E-state index is 11.3. The molecule has 3 heteroatoms. The normalized spacial score (nSPS) is 10.4. The number of aromatic nitrogens is 1. The van der Waals surface area contributed by atoms with Crippen molar-refractivity contribution in [3.8, 4) is 16.9 Å². The number of pyridine rings is 1. The smallest absolute Gasteiger partial charge is 0.150 e. The molecule has 0 spiro atoms. The quantitative estimate of drug-likeness (QED) is 0.676. The number of methoxy groups -OCH3 is 1. The highest BCUT2D eigenvalue weighted by Crippen LogP contribution is 2.28. The molecule has 0 aliphatic rings. The molecular formula is C17H13NO2. The van der Waals surface area contributed by atoms with E-state index in [0.29, 0.717) is 11.3 Å². The van der Waals surface area contributed by atoms with E-state index in [4.69, 9.17) is 4.74 Å². The molecule has 0 fully saturated rings. The number of carbonyl (C=O) groups excluding carboxylic acids is 1. The van der Waals surface area contributed by atoms with Crippen LogP contribution in [0.4, 0.5) is 0 Å². The van der Waals surface area contributed by atoms with Gasteiger partial charge in [0.2, 0.25) is 0 Å². The van der Waals surface area contributed by atoms with Crippen LogP contribution in [0.3, 0.4) is 0 Å². The maximum atomic E-state index is 11.3. The van der Waals surface area contributed by atoms with Gasteiger partial charge in [0.25, 0.3) is 0 Å². The van der Waals surface area contributed by atoms with Crippen molar-refractivity contribution in [2.75, 3.05) is 7.11 Å². The van der Waals surface area contributed by atoms with Crippen molar-refractivity contribution in [2.45, 2.75) is 0 Å². The first-order valence-electron chi connectivity index (χ1n) is 6.30. The summed E-state index contributed by atoms with van der Waals surface area (Å²) in [5.74, 6) is 0.679. The largest absolute Gasteiger partial charge is 0.497 e. The van der Waals surface area contributed by atoms with E-state index >= 15 is 0 Å². The Morgan fingerprint density at radius 3 is 2.80 bits per heavy atom. The van der Waals surface area contributed by atoms with Crippen molar-refractivity contribution in [3.05, 3.63) is 60.3 Å². The Kier molecular flexibility index (Phi) is 3.17. The van der Waals surface area contributed by atoms with Gasteiger partial charge in [-0.3, -0.25) is 9.78 Å². The minimum absolute atomic E-state index is 0.618. The molecule has 0 saturated carbocycles. The first-order valence-corrected chi connectivity index (χ1v) is 6.30. The molecule has 0 aliphatic carbocycles. The second kappa shape index (κ2) is 5.13. The van der Waals surface area contributed by atoms with Crippen molar-refractivity contribution >= 4 is 17.2 Å². The van der Waals surface area contributed by atoms with Crippen molar-refractivity contribution < 1.29 is 9.53 Å². The van der Waals surface area contributed by atoms with Crippen LogP contribution >= 0.6 is 0 Å². The monoisotopic (exact) mass is 263 g/mol. The van der Waals surface area contributed by atoms with E-state index in [1.807, 2.05) is 42.5 Å². The molecule has 98 valence electrons. The zero-order valence-corrected chi connectivity index (χ0v) is 11.0. The van der Waals surface area contributed by atoms with Crippen LogP contribution in [-0.2, 0) is 0 Å². The number of hydrogen-bond acceptors (Lipinski definition) is 3. The summed E-state index contributed by atoms with van der Waals surface area (Å²) >= 11 is 0. The lowest BCUT2D eigenvalue weighted by Crippen LogP contribution is -1.91. The van der Waals surface area contributed by atoms with Crippen LogP contribution in [0.5, 0.6) is 5.75 Å². The van der Waals surface area contributed by atoms with Gasteiger partial charge >= 0.3 is 0 Å². The van der Waals surface area contributed by atoms with Crippen molar-refractivity contribution in [2.24, 2.45) is 0 Å². The van der Waals surface area contributed by atoms with E-state index in [2.05, 4.69) is 4.98 Å². The van der Waals surface area contributed by atoms with Crippen LogP contribution in [0.25, 0.3) is 22.0 Å². The Bertz CT molecular complexity index is 781. The highest BCUT2D eigenvalue weighted by Gasteiger charge is 2.07. The number of rotatable bonds is 3. The van der Waals surface area contributed by atoms with E-state index in [1.165, 1.54) is 0 Å². The zero-order valence-electron chi connectivity index (χ0n) is 11.0. The third-order valence-corrected chi connectivity index (χ3v) is 3.30. The second-order valence-corrected chi connectivity index (χ2v) is 4.48. The van der Waals surface area contributed by atoms with E-state index in [-0.39, 0.29) is 0 Å². The third-order valence-electron chi connectivity index (χ3n) is 3.30. The maximum Gasteiger partial charge on any atom is 0.150 e. The summed E-state index contributed by atoms with van der Waals surface area (Å²) < 4.78 is 5.15. The van der Waals surface area contributed by atoms with Crippen LogP contribution in [-0.4, -0.2) is 18.4 Å². The zero-order chi connectivity index (χ0) is 13.9. The van der Waals surface area contributed by atoms with Gasteiger partial charge < -0.3 is 4.74 Å². The molecule has 3 rings (SSSR count). The predicted octanol–water partition coefficient (Wildman–Crippen LogP) is 3.72. The molecule has 0 saturated heterocycles. The van der Waals surface area contributed by atoms with Crippen molar-refractivity contribution in [1.29, 1.82) is 0 Å². The number of aldehydes is 1. The van der Waals surface area contributed by atoms with Gasteiger partial charge in [-0.15, -0.1) is 0 Å². The van der Waals surface area contributed by atoms with E-state index < -0.39 is 0 Å². The first kappa shape index (κ1) is 12.4. The number of carbonyl (C=O) groups is 1. The molecule has 0 atom stereocenters. The van der Waals surface area contributed by atoms with Gasteiger partial charge in [-0.05, 0) is 47.5 Å². The molecular weight excluding hydrogens is 250 g/mol. The molecule has 1 heterocycles. The summed E-state index contributed by atoms with van der Waals surface area (Å²) in [6.07, 6.45) is 2.62. The van der Waals surface area contributed by atoms with Crippen molar-refractivity contribution in [3.63, 3.8) is 0 Å². The fourth-order valence-electron chi connectivity index (χ4n) is 2.27. The molecule has 20 heavy (non-hydrogen) atoms. The Labute approximate surface area is 116 Å². The van der Waals surface area contributed by atoms with Gasteiger partial charge in [0.1, 0.15) is 5.75 Å². The Morgan fingerprint density at radius 1 is 1.10 bits per heavy atom. The number of ether oxygens (including phenoxy) is 1. The highest BCUT2D eigenvalue weighted by atomic mass is 16.5. The molecule has 2 aromatic carbocycles. The summed E-state index contributed by atoms with van der Waals surface area (Å²) in [5, 5.41) is 1.05. The minimum atomic E-state index is 0.618. The number of nitrogens with zero attached hydrogens (tertiary/aromatic N) is 1. The molecule has 0 unspecified atom stereocenters. The lowest BCUT2D eigenvalue weighted by molar-refractivity contribution is 0.112. The van der Waals surface area contributed by atoms with Crippen molar-refractivity contribution in [1.82, 2.24) is 4.98 Å². The molecule has 0 radical (unpaired) electrons.